The number of benzene rings is 1. The maximum absolute atomic E-state index is 12.4. The topological polar surface area (TPSA) is 66.9 Å². The van der Waals surface area contributed by atoms with Gasteiger partial charge >= 0.3 is 5.97 Å². The van der Waals surface area contributed by atoms with Crippen molar-refractivity contribution in [2.45, 2.75) is 13.5 Å². The van der Waals surface area contributed by atoms with E-state index in [1.54, 1.807) is 49.7 Å². The summed E-state index contributed by atoms with van der Waals surface area (Å²) >= 11 is 0. The van der Waals surface area contributed by atoms with Gasteiger partial charge in [0.05, 0.1) is 18.4 Å². The van der Waals surface area contributed by atoms with Crippen LogP contribution in [0.3, 0.4) is 0 Å². The molecule has 2 rings (SSSR count). The Kier molecular flexibility index (Phi) is 9.31. The van der Waals surface area contributed by atoms with Crippen molar-refractivity contribution in [2.24, 2.45) is 0 Å². The minimum absolute atomic E-state index is 0.422. The van der Waals surface area contributed by atoms with Crippen LogP contribution in [-0.4, -0.2) is 68.1 Å². The van der Waals surface area contributed by atoms with E-state index in [2.05, 4.69) is 47.7 Å². The summed E-state index contributed by atoms with van der Waals surface area (Å²) < 4.78 is 10.5. The van der Waals surface area contributed by atoms with Gasteiger partial charge in [0.15, 0.2) is 0 Å². The van der Waals surface area contributed by atoms with Gasteiger partial charge in [-0.25, -0.2) is 4.79 Å². The first-order valence-electron chi connectivity index (χ1n) is 10.0. The third kappa shape index (κ3) is 7.50. The highest BCUT2D eigenvalue weighted by molar-refractivity contribution is 5.91. The number of carbonyl (C=O) groups is 1. The number of hydrogen-bond donors (Lipinski definition) is 1. The Morgan fingerprint density at radius 1 is 1.13 bits per heavy atom. The van der Waals surface area contributed by atoms with Crippen LogP contribution < -0.4 is 14.8 Å². The molecule has 7 nitrogen and oxygen atoms in total. The second-order valence-electron chi connectivity index (χ2n) is 7.15. The number of nitrogens with one attached hydrogen (secondary N) is 1. The van der Waals surface area contributed by atoms with Gasteiger partial charge in [0.25, 0.3) is 0 Å². The third-order valence-corrected chi connectivity index (χ3v) is 4.60. The van der Waals surface area contributed by atoms with Crippen molar-refractivity contribution in [1.82, 2.24) is 20.1 Å². The molecule has 0 bridgehead atoms. The van der Waals surface area contributed by atoms with Crippen molar-refractivity contribution in [1.29, 1.82) is 0 Å². The van der Waals surface area contributed by atoms with E-state index in [0.717, 1.165) is 31.0 Å². The van der Waals surface area contributed by atoms with Gasteiger partial charge in [-0.15, -0.1) is 0 Å². The van der Waals surface area contributed by atoms with E-state index in [1.807, 2.05) is 0 Å². The summed E-state index contributed by atoms with van der Waals surface area (Å²) in [5, 5.41) is 3.35. The molecule has 0 fully saturated rings. The third-order valence-electron chi connectivity index (χ3n) is 4.60. The summed E-state index contributed by atoms with van der Waals surface area (Å²) in [6, 6.07) is 10.3. The zero-order chi connectivity index (χ0) is 21.9. The fourth-order valence-corrected chi connectivity index (χ4v) is 2.82. The van der Waals surface area contributed by atoms with Crippen LogP contribution in [0.5, 0.6) is 11.5 Å². The molecule has 7 heteroatoms. The van der Waals surface area contributed by atoms with Gasteiger partial charge in [-0.1, -0.05) is 6.58 Å². The lowest BCUT2D eigenvalue weighted by atomic mass is 10.2. The molecule has 0 spiro atoms. The molecule has 2 aromatic rings. The van der Waals surface area contributed by atoms with Crippen LogP contribution in [0, 0.1) is 0 Å². The lowest BCUT2D eigenvalue weighted by Gasteiger charge is -2.27. The van der Waals surface area contributed by atoms with E-state index in [1.165, 1.54) is 0 Å². The molecule has 0 amide bonds. The maximum atomic E-state index is 12.4. The van der Waals surface area contributed by atoms with Gasteiger partial charge in [0.2, 0.25) is 0 Å². The number of esters is 1. The molecule has 1 aromatic heterocycles. The summed E-state index contributed by atoms with van der Waals surface area (Å²) in [5.74, 6) is 0.747. The van der Waals surface area contributed by atoms with Gasteiger partial charge in [0.1, 0.15) is 11.5 Å². The van der Waals surface area contributed by atoms with E-state index >= 15 is 0 Å². The van der Waals surface area contributed by atoms with Crippen molar-refractivity contribution in [3.05, 3.63) is 66.1 Å². The number of pyridine rings is 1. The summed E-state index contributed by atoms with van der Waals surface area (Å²) in [7, 11) is 5.72. The average molecular weight is 413 g/mol. The number of rotatable bonds is 12. The molecule has 0 saturated carbocycles. The lowest BCUT2D eigenvalue weighted by molar-refractivity contribution is 0.0734. The zero-order valence-corrected chi connectivity index (χ0v) is 18.4. The predicted octanol–water partition coefficient (Wildman–Crippen LogP) is 2.80. The fourth-order valence-electron chi connectivity index (χ4n) is 2.82. The first-order valence-corrected chi connectivity index (χ1v) is 10.0. The van der Waals surface area contributed by atoms with E-state index in [9.17, 15) is 4.79 Å². The second-order valence-corrected chi connectivity index (χ2v) is 7.15. The summed E-state index contributed by atoms with van der Waals surface area (Å²) in [6.07, 6.45) is 1.62. The molecule has 0 saturated heterocycles. The van der Waals surface area contributed by atoms with Gasteiger partial charge in [-0.2, -0.15) is 0 Å². The molecule has 1 aromatic carbocycles. The van der Waals surface area contributed by atoms with Gasteiger partial charge in [-0.05, 0) is 57.4 Å². The van der Waals surface area contributed by atoms with Crippen LogP contribution in [0.2, 0.25) is 0 Å². The Balaban J connectivity index is 1.87. The van der Waals surface area contributed by atoms with Crippen molar-refractivity contribution < 1.29 is 14.3 Å². The van der Waals surface area contributed by atoms with Crippen molar-refractivity contribution in [3.63, 3.8) is 0 Å². The Hall–Kier alpha value is -2.90. The molecule has 0 aliphatic carbocycles. The standard InChI is InChI=1S/C23H32N4O3/c1-6-27(14-13-26(3)4)18(2)16-24-17-20-15-19(11-12-25-20)23(28)30-22-9-7-21(29-5)8-10-22/h7-12,15,24H,2,6,13-14,16-17H2,1,3-5H3. The van der Waals surface area contributed by atoms with Gasteiger partial charge < -0.3 is 24.6 Å². The lowest BCUT2D eigenvalue weighted by Crippen LogP contribution is -2.34. The average Bonchev–Trinajstić information content (AvgIpc) is 2.74. The highest BCUT2D eigenvalue weighted by Gasteiger charge is 2.11. The molecular formula is C23H32N4O3. The summed E-state index contributed by atoms with van der Waals surface area (Å²) in [5.41, 5.74) is 2.26. The number of likely N-dealkylation sites (N-methyl/N-ethyl adjacent to an activating group) is 2. The molecule has 1 N–H and O–H groups in total. The number of ether oxygens (including phenoxy) is 2. The van der Waals surface area contributed by atoms with Crippen molar-refractivity contribution in [2.75, 3.05) is 47.4 Å². The molecule has 162 valence electrons. The fraction of sp³-hybridized carbons (Fsp3) is 0.391. The maximum Gasteiger partial charge on any atom is 0.343 e. The number of carbonyl (C=O) groups excluding carboxylic acids is 1. The number of aromatic nitrogens is 1. The van der Waals surface area contributed by atoms with Crippen LogP contribution in [0.15, 0.2) is 54.9 Å². The largest absolute Gasteiger partial charge is 0.497 e. The number of hydrogen-bond acceptors (Lipinski definition) is 7. The normalized spacial score (nSPS) is 10.7. The van der Waals surface area contributed by atoms with Crippen LogP contribution >= 0.6 is 0 Å². The van der Waals surface area contributed by atoms with E-state index in [0.29, 0.717) is 30.2 Å². The van der Waals surface area contributed by atoms with Crippen LogP contribution in [-0.2, 0) is 6.54 Å². The monoisotopic (exact) mass is 412 g/mol. The molecule has 30 heavy (non-hydrogen) atoms. The molecular weight excluding hydrogens is 380 g/mol. The van der Waals surface area contributed by atoms with E-state index in [4.69, 9.17) is 9.47 Å². The molecule has 0 atom stereocenters. The molecule has 0 radical (unpaired) electrons. The highest BCUT2D eigenvalue weighted by atomic mass is 16.5. The Morgan fingerprint density at radius 2 is 1.83 bits per heavy atom. The molecule has 1 heterocycles. The summed E-state index contributed by atoms with van der Waals surface area (Å²) in [6.45, 7) is 10.3. The smallest absolute Gasteiger partial charge is 0.343 e. The first kappa shape index (κ1) is 23.4. The minimum atomic E-state index is -0.422. The predicted molar refractivity (Wildman–Crippen MR) is 119 cm³/mol. The van der Waals surface area contributed by atoms with Crippen LogP contribution in [0.4, 0.5) is 0 Å². The molecule has 0 unspecified atom stereocenters. The highest BCUT2D eigenvalue weighted by Crippen LogP contribution is 2.18. The Bertz CT molecular complexity index is 821. The van der Waals surface area contributed by atoms with Crippen molar-refractivity contribution >= 4 is 5.97 Å². The minimum Gasteiger partial charge on any atom is -0.497 e. The van der Waals surface area contributed by atoms with Crippen LogP contribution in [0.25, 0.3) is 0 Å². The van der Waals surface area contributed by atoms with Crippen molar-refractivity contribution in [3.8, 4) is 11.5 Å². The Morgan fingerprint density at radius 3 is 2.47 bits per heavy atom. The SMILES string of the molecule is C=C(CNCc1cc(C(=O)Oc2ccc(OC)cc2)ccn1)N(CC)CCN(C)C. The molecule has 0 aliphatic heterocycles. The van der Waals surface area contributed by atoms with E-state index in [-0.39, 0.29) is 0 Å². The quantitative estimate of drug-likeness (QED) is 0.425. The van der Waals surface area contributed by atoms with Gasteiger partial charge in [0, 0.05) is 44.6 Å². The summed E-state index contributed by atoms with van der Waals surface area (Å²) in [4.78, 5) is 21.2. The van der Waals surface area contributed by atoms with E-state index < -0.39 is 5.97 Å². The number of nitrogens with zero attached hydrogens (tertiary/aromatic N) is 3. The van der Waals surface area contributed by atoms with Crippen LogP contribution in [0.1, 0.15) is 23.0 Å². The van der Waals surface area contributed by atoms with Gasteiger partial charge in [-0.3, -0.25) is 4.98 Å². The Labute approximate surface area is 179 Å². The zero-order valence-electron chi connectivity index (χ0n) is 18.4. The number of methoxy groups -OCH3 is 1. The molecule has 0 aliphatic rings. The first-order chi connectivity index (χ1) is 14.4. The second kappa shape index (κ2) is 11.9.